The van der Waals surface area contributed by atoms with Gasteiger partial charge < -0.3 is 10.1 Å². The lowest BCUT2D eigenvalue weighted by molar-refractivity contribution is -0.123. The summed E-state index contributed by atoms with van der Waals surface area (Å²) in [5, 5.41) is 2.95. The van der Waals surface area contributed by atoms with Crippen LogP contribution in [0.5, 0.6) is 0 Å². The third-order valence-corrected chi connectivity index (χ3v) is 3.89. The number of carbonyl (C=O) groups is 1. The van der Waals surface area contributed by atoms with Gasteiger partial charge in [0.25, 0.3) is 0 Å². The zero-order chi connectivity index (χ0) is 12.8. The molecular formula is C14H18BrNO2. The van der Waals surface area contributed by atoms with Crippen molar-refractivity contribution in [1.82, 2.24) is 5.32 Å². The lowest BCUT2D eigenvalue weighted by Crippen LogP contribution is -2.29. The third-order valence-electron chi connectivity index (χ3n) is 3.11. The van der Waals surface area contributed by atoms with Gasteiger partial charge in [0.1, 0.15) is 0 Å². The molecule has 18 heavy (non-hydrogen) atoms. The summed E-state index contributed by atoms with van der Waals surface area (Å²) in [6.07, 6.45) is 3.56. The molecule has 1 heterocycles. The first kappa shape index (κ1) is 13.6. The van der Waals surface area contributed by atoms with Gasteiger partial charge in [-0.3, -0.25) is 4.79 Å². The molecule has 0 unspecified atom stereocenters. The first-order valence-corrected chi connectivity index (χ1v) is 7.16. The van der Waals surface area contributed by atoms with Crippen molar-refractivity contribution in [1.29, 1.82) is 0 Å². The molecule has 2 rings (SSSR count). The van der Waals surface area contributed by atoms with Gasteiger partial charge in [-0.25, -0.2) is 0 Å². The van der Waals surface area contributed by atoms with E-state index in [0.717, 1.165) is 30.3 Å². The molecule has 0 spiro atoms. The second kappa shape index (κ2) is 6.90. The van der Waals surface area contributed by atoms with Gasteiger partial charge in [-0.2, -0.15) is 0 Å². The Hall–Kier alpha value is -0.870. The van der Waals surface area contributed by atoms with Gasteiger partial charge in [-0.05, 0) is 30.9 Å². The van der Waals surface area contributed by atoms with E-state index in [1.54, 1.807) is 0 Å². The van der Waals surface area contributed by atoms with Gasteiger partial charge in [-0.15, -0.1) is 0 Å². The molecule has 1 saturated heterocycles. The highest BCUT2D eigenvalue weighted by molar-refractivity contribution is 9.10. The molecule has 1 aliphatic rings. The number of carbonyl (C=O) groups excluding carboxylic acids is 1. The number of hydrogen-bond donors (Lipinski definition) is 1. The molecule has 3 nitrogen and oxygen atoms in total. The van der Waals surface area contributed by atoms with Crippen molar-refractivity contribution in [3.8, 4) is 0 Å². The van der Waals surface area contributed by atoms with E-state index in [1.165, 1.54) is 5.56 Å². The van der Waals surface area contributed by atoms with E-state index in [0.29, 0.717) is 13.0 Å². The average molecular weight is 312 g/mol. The van der Waals surface area contributed by atoms with Crippen LogP contribution in [0.25, 0.3) is 0 Å². The summed E-state index contributed by atoms with van der Waals surface area (Å²) in [5.74, 6) is 0.0916. The molecule has 0 bridgehead atoms. The van der Waals surface area contributed by atoms with E-state index in [-0.39, 0.29) is 12.0 Å². The number of benzene rings is 1. The fourth-order valence-electron chi connectivity index (χ4n) is 2.12. The Morgan fingerprint density at radius 1 is 1.44 bits per heavy atom. The Labute approximate surface area is 116 Å². The van der Waals surface area contributed by atoms with Crippen molar-refractivity contribution in [3.05, 3.63) is 34.3 Å². The van der Waals surface area contributed by atoms with Gasteiger partial charge in [0.05, 0.1) is 12.5 Å². The van der Waals surface area contributed by atoms with Crippen LogP contribution in [0.4, 0.5) is 0 Å². The minimum absolute atomic E-state index is 0.0916. The first-order chi connectivity index (χ1) is 8.75. The van der Waals surface area contributed by atoms with Gasteiger partial charge >= 0.3 is 0 Å². The molecule has 1 aromatic rings. The van der Waals surface area contributed by atoms with Crippen LogP contribution in [0.2, 0.25) is 0 Å². The lowest BCUT2D eigenvalue weighted by atomic mass is 10.1. The maximum absolute atomic E-state index is 11.7. The van der Waals surface area contributed by atoms with Gasteiger partial charge in [-0.1, -0.05) is 34.1 Å². The molecule has 0 aliphatic carbocycles. The largest absolute Gasteiger partial charge is 0.378 e. The van der Waals surface area contributed by atoms with Gasteiger partial charge in [0, 0.05) is 17.6 Å². The molecule has 1 aromatic carbocycles. The molecule has 0 saturated carbocycles. The van der Waals surface area contributed by atoms with Gasteiger partial charge in [0.15, 0.2) is 0 Å². The van der Waals surface area contributed by atoms with Crippen LogP contribution in [-0.4, -0.2) is 25.2 Å². The maximum atomic E-state index is 11.7. The highest BCUT2D eigenvalue weighted by Crippen LogP contribution is 2.16. The Bertz CT molecular complexity index is 403. The molecule has 4 heteroatoms. The van der Waals surface area contributed by atoms with Crippen LogP contribution < -0.4 is 5.32 Å². The summed E-state index contributed by atoms with van der Waals surface area (Å²) in [4.78, 5) is 11.7. The number of rotatable bonds is 5. The number of ether oxygens (including phenoxy) is 1. The molecule has 98 valence electrons. The normalized spacial score (nSPS) is 18.8. The van der Waals surface area contributed by atoms with Crippen molar-refractivity contribution < 1.29 is 9.53 Å². The van der Waals surface area contributed by atoms with Gasteiger partial charge in [0.2, 0.25) is 5.91 Å². The average Bonchev–Trinajstić information content (AvgIpc) is 2.84. The molecule has 1 fully saturated rings. The monoisotopic (exact) mass is 311 g/mol. The standard InChI is InChI=1S/C14H18BrNO2/c15-13-6-2-1-4-11(13)7-8-16-14(17)10-12-5-3-9-18-12/h1-2,4,6,12H,3,5,7-10H2,(H,16,17)/t12-/m0/s1. The highest BCUT2D eigenvalue weighted by atomic mass is 79.9. The molecule has 1 aliphatic heterocycles. The van der Waals surface area contributed by atoms with E-state index in [4.69, 9.17) is 4.74 Å². The summed E-state index contributed by atoms with van der Waals surface area (Å²) in [6, 6.07) is 8.08. The van der Waals surface area contributed by atoms with Crippen LogP contribution in [0.3, 0.4) is 0 Å². The zero-order valence-electron chi connectivity index (χ0n) is 10.3. The first-order valence-electron chi connectivity index (χ1n) is 6.37. The highest BCUT2D eigenvalue weighted by Gasteiger charge is 2.18. The summed E-state index contributed by atoms with van der Waals surface area (Å²) in [6.45, 7) is 1.48. The minimum atomic E-state index is 0.0916. The predicted octanol–water partition coefficient (Wildman–Crippen LogP) is 2.68. The fraction of sp³-hybridized carbons (Fsp3) is 0.500. The Kier molecular flexibility index (Phi) is 5.20. The summed E-state index contributed by atoms with van der Waals surface area (Å²) in [7, 11) is 0. The van der Waals surface area contributed by atoms with E-state index in [1.807, 2.05) is 18.2 Å². The van der Waals surface area contributed by atoms with Crippen molar-refractivity contribution in [3.63, 3.8) is 0 Å². The second-order valence-electron chi connectivity index (χ2n) is 4.53. The number of halogens is 1. The van der Waals surface area contributed by atoms with Crippen LogP contribution in [0, 0.1) is 0 Å². The molecule has 0 aromatic heterocycles. The summed E-state index contributed by atoms with van der Waals surface area (Å²) < 4.78 is 6.53. The van der Waals surface area contributed by atoms with E-state index < -0.39 is 0 Å². The van der Waals surface area contributed by atoms with Crippen molar-refractivity contribution >= 4 is 21.8 Å². The van der Waals surface area contributed by atoms with E-state index >= 15 is 0 Å². The summed E-state index contributed by atoms with van der Waals surface area (Å²) >= 11 is 3.50. The van der Waals surface area contributed by atoms with E-state index in [9.17, 15) is 4.79 Å². The lowest BCUT2D eigenvalue weighted by Gasteiger charge is -2.10. The van der Waals surface area contributed by atoms with Crippen molar-refractivity contribution in [2.45, 2.75) is 31.8 Å². The Morgan fingerprint density at radius 3 is 3.00 bits per heavy atom. The maximum Gasteiger partial charge on any atom is 0.222 e. The molecule has 0 radical (unpaired) electrons. The molecule has 1 atom stereocenters. The molecular weight excluding hydrogens is 294 g/mol. The van der Waals surface area contributed by atoms with Crippen LogP contribution in [-0.2, 0) is 16.0 Å². The van der Waals surface area contributed by atoms with E-state index in [2.05, 4.69) is 27.3 Å². The van der Waals surface area contributed by atoms with Crippen molar-refractivity contribution in [2.75, 3.05) is 13.2 Å². The Balaban J connectivity index is 1.68. The third kappa shape index (κ3) is 4.10. The second-order valence-corrected chi connectivity index (χ2v) is 5.38. The molecule has 1 N–H and O–H groups in total. The van der Waals surface area contributed by atoms with Crippen LogP contribution in [0.15, 0.2) is 28.7 Å². The van der Waals surface area contributed by atoms with Crippen LogP contribution in [0.1, 0.15) is 24.8 Å². The number of amides is 1. The number of nitrogens with one attached hydrogen (secondary N) is 1. The topological polar surface area (TPSA) is 38.3 Å². The number of hydrogen-bond acceptors (Lipinski definition) is 2. The minimum Gasteiger partial charge on any atom is -0.378 e. The van der Waals surface area contributed by atoms with Crippen molar-refractivity contribution in [2.24, 2.45) is 0 Å². The Morgan fingerprint density at radius 2 is 2.28 bits per heavy atom. The predicted molar refractivity (Wildman–Crippen MR) is 74.4 cm³/mol. The quantitative estimate of drug-likeness (QED) is 0.908. The zero-order valence-corrected chi connectivity index (χ0v) is 11.9. The molecule has 1 amide bonds. The fourth-order valence-corrected chi connectivity index (χ4v) is 2.61. The SMILES string of the molecule is O=C(C[C@@H]1CCCO1)NCCc1ccccc1Br. The summed E-state index contributed by atoms with van der Waals surface area (Å²) in [5.41, 5.74) is 1.22. The van der Waals surface area contributed by atoms with Crippen LogP contribution >= 0.6 is 15.9 Å². The smallest absolute Gasteiger partial charge is 0.222 e.